The molecular formula is C2H7N5OS. The highest BCUT2D eigenvalue weighted by Crippen LogP contribution is 1.57. The second-order valence-corrected chi connectivity index (χ2v) is 1.56. The maximum atomic E-state index is 9.99. The molecule has 0 saturated heterocycles. The van der Waals surface area contributed by atoms with Gasteiger partial charge in [0, 0.05) is 0 Å². The van der Waals surface area contributed by atoms with E-state index in [1.54, 1.807) is 0 Å². The third kappa shape index (κ3) is 3.35. The average Bonchev–Trinajstić information content (AvgIpc) is 1.63. The molecule has 6 nitrogen and oxygen atoms in total. The number of hydrazine groups is 1. The maximum Gasteiger partial charge on any atom is 0.345 e. The molecule has 0 bridgehead atoms. The zero-order valence-electron chi connectivity index (χ0n) is 4.50. The zero-order chi connectivity index (χ0) is 7.44. The van der Waals surface area contributed by atoms with Crippen molar-refractivity contribution in [2.75, 3.05) is 0 Å². The van der Waals surface area contributed by atoms with Crippen LogP contribution >= 0.6 is 0 Å². The van der Waals surface area contributed by atoms with Gasteiger partial charge in [0.2, 0.25) is 0 Å². The van der Waals surface area contributed by atoms with Crippen LogP contribution in [0.2, 0.25) is 0 Å². The molecule has 0 spiro atoms. The van der Waals surface area contributed by atoms with Crippen LogP contribution in [0.3, 0.4) is 0 Å². The smallest absolute Gasteiger partial charge is 0.345 e. The van der Waals surface area contributed by atoms with Crippen LogP contribution in [0.4, 0.5) is 4.79 Å². The van der Waals surface area contributed by atoms with Gasteiger partial charge in [-0.3, -0.25) is 15.6 Å². The molecule has 0 aliphatic heterocycles. The molecular weight excluding hydrogens is 142 g/mol. The number of hydrogen-bond donors (Lipinski definition) is 4. The molecule has 0 aliphatic carbocycles. The number of rotatable bonds is 1. The number of carbonyl (C=O) groups excluding carboxylic acids is 1. The summed E-state index contributed by atoms with van der Waals surface area (Å²) in [4.78, 5) is 9.99. The van der Waals surface area contributed by atoms with Crippen LogP contribution in [0.25, 0.3) is 0 Å². The standard InChI is InChI=1S/C2H7N5OS/c3-1(4)7(9)6-2(5)8/h3-4H2,(H3,5,6,8). The number of nitrogens with two attached hydrogens (primary N) is 3. The molecule has 9 heavy (non-hydrogen) atoms. The second kappa shape index (κ2) is 2.92. The van der Waals surface area contributed by atoms with Crippen LogP contribution in [-0.4, -0.2) is 16.1 Å². The summed E-state index contributed by atoms with van der Waals surface area (Å²) < 4.78 is 0.697. The van der Waals surface area contributed by atoms with Gasteiger partial charge in [-0.25, -0.2) is 10.2 Å². The van der Waals surface area contributed by atoms with Crippen molar-refractivity contribution in [1.82, 2.24) is 5.43 Å². The average molecular weight is 149 g/mol. The first kappa shape index (κ1) is 7.76. The summed E-state index contributed by atoms with van der Waals surface area (Å²) in [6.07, 6.45) is 0. The molecule has 0 radical (unpaired) electrons. The molecule has 0 aromatic carbocycles. The Morgan fingerprint density at radius 1 is 1.44 bits per heavy atom. The van der Waals surface area contributed by atoms with E-state index >= 15 is 0 Å². The van der Waals surface area contributed by atoms with E-state index in [0.29, 0.717) is 4.09 Å². The van der Waals surface area contributed by atoms with Crippen LogP contribution < -0.4 is 22.6 Å². The minimum Gasteiger partial charge on any atom is -0.572 e. The monoisotopic (exact) mass is 149 g/mol. The number of guanidine groups is 1. The normalized spacial score (nSPS) is 8.00. The summed E-state index contributed by atoms with van der Waals surface area (Å²) in [6, 6.07) is -0.807. The van der Waals surface area contributed by atoms with Gasteiger partial charge in [-0.15, -0.1) is 0 Å². The highest BCUT2D eigenvalue weighted by atomic mass is 32.1. The van der Waals surface area contributed by atoms with E-state index in [2.05, 4.69) is 18.5 Å². The molecule has 0 fully saturated rings. The highest BCUT2D eigenvalue weighted by molar-refractivity contribution is 7.51. The summed E-state index contributed by atoms with van der Waals surface area (Å²) >= 11 is 4.37. The summed E-state index contributed by atoms with van der Waals surface area (Å²) in [5.41, 5.74) is 16.5. The van der Waals surface area contributed by atoms with Crippen molar-refractivity contribution in [3.8, 4) is 0 Å². The lowest BCUT2D eigenvalue weighted by Gasteiger charge is -2.10. The first-order chi connectivity index (χ1) is 4.04. The number of primary amides is 1. The van der Waals surface area contributed by atoms with Gasteiger partial charge in [-0.1, -0.05) is 0 Å². The summed E-state index contributed by atoms with van der Waals surface area (Å²) in [6.45, 7) is 0. The fourth-order valence-electron chi connectivity index (χ4n) is 0.165. The lowest BCUT2D eigenvalue weighted by atomic mass is 11.1. The van der Waals surface area contributed by atoms with Crippen molar-refractivity contribution in [2.45, 2.75) is 0 Å². The van der Waals surface area contributed by atoms with Crippen molar-refractivity contribution >= 4 is 24.8 Å². The predicted octanol–water partition coefficient (Wildman–Crippen LogP) is -2.68. The van der Waals surface area contributed by atoms with Gasteiger partial charge in [0.25, 0.3) is 0 Å². The molecule has 0 saturated carbocycles. The Morgan fingerprint density at radius 3 is 2.00 bits per heavy atom. The third-order valence-electron chi connectivity index (χ3n) is 0.446. The Labute approximate surface area is 57.2 Å². The summed E-state index contributed by atoms with van der Waals surface area (Å²) in [5, 5.41) is 0. The molecule has 0 atom stereocenters. The predicted molar refractivity (Wildman–Crippen MR) is 33.7 cm³/mol. The van der Waals surface area contributed by atoms with Gasteiger partial charge in [0.05, 0.1) is 0 Å². The van der Waals surface area contributed by atoms with Gasteiger partial charge in [-0.2, -0.15) is 0 Å². The number of hydrazone groups is 1. The van der Waals surface area contributed by atoms with Crippen LogP contribution in [0.1, 0.15) is 0 Å². The van der Waals surface area contributed by atoms with Gasteiger partial charge in [0.1, 0.15) is 0 Å². The van der Waals surface area contributed by atoms with Crippen LogP contribution in [-0.2, 0) is 12.8 Å². The van der Waals surface area contributed by atoms with E-state index in [9.17, 15) is 4.79 Å². The van der Waals surface area contributed by atoms with Gasteiger partial charge in [0.15, 0.2) is 0 Å². The largest absolute Gasteiger partial charge is 0.572 e. The highest BCUT2D eigenvalue weighted by Gasteiger charge is 1.91. The Balaban J connectivity index is 3.92. The lowest BCUT2D eigenvalue weighted by molar-refractivity contribution is -0.401. The zero-order valence-corrected chi connectivity index (χ0v) is 5.31. The van der Waals surface area contributed by atoms with Crippen molar-refractivity contribution in [3.05, 3.63) is 0 Å². The van der Waals surface area contributed by atoms with Crippen molar-refractivity contribution in [3.63, 3.8) is 0 Å². The number of hydrogen-bond acceptors (Lipinski definition) is 2. The summed E-state index contributed by atoms with van der Waals surface area (Å²) in [7, 11) is 0. The van der Waals surface area contributed by atoms with Gasteiger partial charge in [-0.05, 0) is 0 Å². The fraction of sp³-hybridized carbons (Fsp3) is 0. The second-order valence-electron chi connectivity index (χ2n) is 1.20. The Morgan fingerprint density at radius 2 is 1.89 bits per heavy atom. The SMILES string of the molecule is NC(=O)N[N+]([S-])=C(N)N. The molecule has 7 N–H and O–H groups in total. The number of nitrogens with zero attached hydrogens (tertiary/aromatic N) is 1. The van der Waals surface area contributed by atoms with E-state index in [-0.39, 0.29) is 5.96 Å². The number of carbonyl (C=O) groups is 1. The maximum absolute atomic E-state index is 9.99. The Kier molecular flexibility index (Phi) is 2.52. The molecule has 0 aromatic heterocycles. The minimum atomic E-state index is -0.807. The third-order valence-corrected chi connectivity index (χ3v) is 0.748. The van der Waals surface area contributed by atoms with Gasteiger partial charge >= 0.3 is 12.0 Å². The molecule has 52 valence electrons. The molecule has 0 unspecified atom stereocenters. The number of urea groups is 1. The van der Waals surface area contributed by atoms with Crippen molar-refractivity contribution < 1.29 is 8.88 Å². The van der Waals surface area contributed by atoms with Crippen molar-refractivity contribution in [2.24, 2.45) is 17.2 Å². The van der Waals surface area contributed by atoms with E-state index in [1.165, 1.54) is 0 Å². The molecule has 0 aromatic rings. The van der Waals surface area contributed by atoms with E-state index in [0.717, 1.165) is 0 Å². The quantitative estimate of drug-likeness (QED) is 0.107. The lowest BCUT2D eigenvalue weighted by Crippen LogP contribution is -2.44. The van der Waals surface area contributed by atoms with Gasteiger partial charge < -0.3 is 18.5 Å². The van der Waals surface area contributed by atoms with Crippen LogP contribution in [0.15, 0.2) is 0 Å². The first-order valence-electron chi connectivity index (χ1n) is 1.95. The number of nitrogens with one attached hydrogen (secondary N) is 1. The molecule has 0 aliphatic rings. The molecule has 0 heterocycles. The Bertz CT molecular complexity index is 149. The van der Waals surface area contributed by atoms with Crippen LogP contribution in [0.5, 0.6) is 0 Å². The minimum absolute atomic E-state index is 0.205. The van der Waals surface area contributed by atoms with E-state index in [4.69, 9.17) is 11.5 Å². The van der Waals surface area contributed by atoms with E-state index < -0.39 is 6.03 Å². The van der Waals surface area contributed by atoms with E-state index in [1.807, 2.05) is 5.43 Å². The topological polar surface area (TPSA) is 110 Å². The van der Waals surface area contributed by atoms with Crippen molar-refractivity contribution in [1.29, 1.82) is 0 Å². The Hall–Kier alpha value is -1.24. The summed E-state index contributed by atoms with van der Waals surface area (Å²) in [5.74, 6) is -0.205. The van der Waals surface area contributed by atoms with Crippen LogP contribution in [0, 0.1) is 0 Å². The molecule has 7 heteroatoms. The molecule has 2 amide bonds. The first-order valence-corrected chi connectivity index (χ1v) is 2.32. The number of amides is 2. The molecule has 0 rings (SSSR count). The fourth-order valence-corrected chi connectivity index (χ4v) is 0.255.